The molecule has 0 bridgehead atoms. The lowest BCUT2D eigenvalue weighted by Gasteiger charge is -2.24. The van der Waals surface area contributed by atoms with Gasteiger partial charge >= 0.3 is 0 Å². The van der Waals surface area contributed by atoms with Gasteiger partial charge in [-0.05, 0) is 30.2 Å². The van der Waals surface area contributed by atoms with Crippen LogP contribution in [0.2, 0.25) is 0 Å². The molecule has 1 amide bonds. The number of amides is 1. The number of carbonyl (C=O) groups excluding carboxylic acids is 1. The zero-order valence-corrected chi connectivity index (χ0v) is 15.5. The van der Waals surface area contributed by atoms with Crippen LogP contribution in [-0.2, 0) is 11.2 Å². The van der Waals surface area contributed by atoms with Crippen LogP contribution in [0.25, 0.3) is 11.6 Å². The number of benzene rings is 1. The summed E-state index contributed by atoms with van der Waals surface area (Å²) in [7, 11) is 0. The van der Waals surface area contributed by atoms with E-state index in [9.17, 15) is 4.79 Å². The molecule has 1 atom stereocenters. The molecule has 0 aliphatic carbocycles. The molecule has 2 N–H and O–H groups in total. The van der Waals surface area contributed by atoms with Crippen molar-refractivity contribution in [2.45, 2.75) is 32.7 Å². The van der Waals surface area contributed by atoms with Gasteiger partial charge in [0.1, 0.15) is 0 Å². The molecule has 1 aromatic carbocycles. The minimum Gasteiger partial charge on any atom is -0.461 e. The number of furan rings is 1. The van der Waals surface area contributed by atoms with E-state index in [1.54, 1.807) is 18.4 Å². The first-order valence-corrected chi connectivity index (χ1v) is 9.06. The van der Waals surface area contributed by atoms with E-state index >= 15 is 0 Å². The summed E-state index contributed by atoms with van der Waals surface area (Å²) in [5.74, 6) is 1.67. The van der Waals surface area contributed by atoms with E-state index in [0.29, 0.717) is 36.4 Å². The van der Waals surface area contributed by atoms with Crippen LogP contribution in [0, 0.1) is 5.92 Å². The number of rotatable bonds is 9. The molecule has 0 aliphatic heterocycles. The molecule has 142 valence electrons. The van der Waals surface area contributed by atoms with Crippen LogP contribution in [0.5, 0.6) is 0 Å². The topological polar surface area (TPSA) is 93.2 Å². The monoisotopic (exact) mass is 368 g/mol. The van der Waals surface area contributed by atoms with Gasteiger partial charge in [0.2, 0.25) is 17.6 Å². The Hall–Kier alpha value is -3.09. The van der Waals surface area contributed by atoms with Crippen molar-refractivity contribution in [1.29, 1.82) is 0 Å². The Labute approximate surface area is 158 Å². The largest absolute Gasteiger partial charge is 0.461 e. The van der Waals surface area contributed by atoms with Crippen LogP contribution in [0.1, 0.15) is 26.2 Å². The minimum atomic E-state index is -0.0479. The van der Waals surface area contributed by atoms with Crippen molar-refractivity contribution < 1.29 is 13.7 Å². The van der Waals surface area contributed by atoms with Crippen molar-refractivity contribution >= 4 is 11.6 Å². The second-order valence-corrected chi connectivity index (χ2v) is 6.65. The van der Waals surface area contributed by atoms with Gasteiger partial charge in [-0.15, -0.1) is 0 Å². The lowest BCUT2D eigenvalue weighted by molar-refractivity contribution is -0.121. The Morgan fingerprint density at radius 1 is 1.15 bits per heavy atom. The lowest BCUT2D eigenvalue weighted by Crippen LogP contribution is -2.39. The number of hydrogen-bond donors (Lipinski definition) is 2. The van der Waals surface area contributed by atoms with E-state index in [2.05, 4.69) is 34.6 Å². The average molecular weight is 368 g/mol. The normalized spacial score (nSPS) is 12.1. The van der Waals surface area contributed by atoms with Crippen LogP contribution in [-0.4, -0.2) is 28.6 Å². The van der Waals surface area contributed by atoms with Crippen molar-refractivity contribution in [2.24, 2.45) is 5.92 Å². The number of carbonyl (C=O) groups is 1. The summed E-state index contributed by atoms with van der Waals surface area (Å²) in [6.45, 7) is 4.80. The first-order chi connectivity index (χ1) is 13.1. The molecule has 27 heavy (non-hydrogen) atoms. The number of hydrogen-bond acceptors (Lipinski definition) is 6. The van der Waals surface area contributed by atoms with Gasteiger partial charge in [0.05, 0.1) is 6.26 Å². The Kier molecular flexibility index (Phi) is 6.25. The molecule has 7 heteroatoms. The van der Waals surface area contributed by atoms with Gasteiger partial charge < -0.3 is 19.6 Å². The lowest BCUT2D eigenvalue weighted by atomic mass is 10.0. The molecule has 0 aliphatic rings. The molecule has 0 saturated carbocycles. The fourth-order valence-corrected chi connectivity index (χ4v) is 2.60. The first-order valence-electron chi connectivity index (χ1n) is 9.06. The molecule has 1 unspecified atom stereocenters. The fourth-order valence-electron chi connectivity index (χ4n) is 2.60. The van der Waals surface area contributed by atoms with Crippen molar-refractivity contribution in [3.8, 4) is 11.6 Å². The van der Waals surface area contributed by atoms with Gasteiger partial charge in [0.15, 0.2) is 5.76 Å². The molecule has 0 saturated heterocycles. The molecular formula is C20H24N4O3. The molecule has 0 spiro atoms. The number of aromatic nitrogens is 2. The van der Waals surface area contributed by atoms with Gasteiger partial charge in [0.25, 0.3) is 0 Å². The minimum absolute atomic E-state index is 0.0479. The fraction of sp³-hybridized carbons (Fsp3) is 0.350. The molecule has 3 aromatic rings. The summed E-state index contributed by atoms with van der Waals surface area (Å²) in [4.78, 5) is 16.4. The van der Waals surface area contributed by atoms with E-state index in [0.717, 1.165) is 5.69 Å². The third-order valence-electron chi connectivity index (χ3n) is 4.23. The molecule has 3 rings (SSSR count). The van der Waals surface area contributed by atoms with E-state index in [-0.39, 0.29) is 18.4 Å². The predicted molar refractivity (Wildman–Crippen MR) is 102 cm³/mol. The molecule has 2 heterocycles. The highest BCUT2D eigenvalue weighted by Crippen LogP contribution is 2.16. The van der Waals surface area contributed by atoms with Crippen LogP contribution >= 0.6 is 0 Å². The number of nitrogens with zero attached hydrogens (tertiary/aromatic N) is 2. The summed E-state index contributed by atoms with van der Waals surface area (Å²) in [5.41, 5.74) is 1.04. The van der Waals surface area contributed by atoms with Gasteiger partial charge in [-0.3, -0.25) is 4.79 Å². The highest BCUT2D eigenvalue weighted by atomic mass is 16.5. The summed E-state index contributed by atoms with van der Waals surface area (Å²) < 4.78 is 10.4. The van der Waals surface area contributed by atoms with Gasteiger partial charge in [-0.25, -0.2) is 0 Å². The highest BCUT2D eigenvalue weighted by molar-refractivity contribution is 5.76. The maximum atomic E-state index is 12.2. The third-order valence-corrected chi connectivity index (χ3v) is 4.23. The molecular weight excluding hydrogens is 344 g/mol. The average Bonchev–Trinajstić information content (AvgIpc) is 3.35. The van der Waals surface area contributed by atoms with Crippen molar-refractivity contribution in [3.63, 3.8) is 0 Å². The number of anilines is 1. The van der Waals surface area contributed by atoms with Crippen molar-refractivity contribution in [3.05, 3.63) is 54.6 Å². The van der Waals surface area contributed by atoms with E-state index in [1.165, 1.54) is 0 Å². The Morgan fingerprint density at radius 2 is 1.96 bits per heavy atom. The molecule has 0 radical (unpaired) electrons. The van der Waals surface area contributed by atoms with Crippen LogP contribution in [0.3, 0.4) is 0 Å². The number of nitrogens with one attached hydrogen (secondary N) is 2. The van der Waals surface area contributed by atoms with Crippen LogP contribution in [0.15, 0.2) is 57.7 Å². The van der Waals surface area contributed by atoms with Crippen molar-refractivity contribution in [2.75, 3.05) is 11.9 Å². The standard InChI is InChI=1S/C20H24N4O3/c1-14(2)16(22-15-7-4-3-5-8-15)13-21-18(25)10-11-19-23-20(24-27-19)17-9-6-12-26-17/h3-9,12,14,16,22H,10-11,13H2,1-2H3,(H,21,25). The molecule has 0 fully saturated rings. The van der Waals surface area contributed by atoms with E-state index in [1.807, 2.05) is 30.3 Å². The van der Waals surface area contributed by atoms with E-state index < -0.39 is 0 Å². The first kappa shape index (κ1) is 18.7. The zero-order valence-electron chi connectivity index (χ0n) is 15.5. The van der Waals surface area contributed by atoms with Crippen molar-refractivity contribution in [1.82, 2.24) is 15.5 Å². The summed E-state index contributed by atoms with van der Waals surface area (Å²) >= 11 is 0. The molecule has 2 aromatic heterocycles. The van der Waals surface area contributed by atoms with Gasteiger partial charge in [-0.2, -0.15) is 4.98 Å². The summed E-state index contributed by atoms with van der Waals surface area (Å²) in [6.07, 6.45) is 2.22. The predicted octanol–water partition coefficient (Wildman–Crippen LogP) is 3.52. The highest BCUT2D eigenvalue weighted by Gasteiger charge is 2.16. The smallest absolute Gasteiger partial charge is 0.238 e. The second-order valence-electron chi connectivity index (χ2n) is 6.65. The Balaban J connectivity index is 1.45. The quantitative estimate of drug-likeness (QED) is 0.600. The number of para-hydroxylation sites is 1. The Bertz CT molecular complexity index is 828. The Morgan fingerprint density at radius 3 is 2.67 bits per heavy atom. The zero-order chi connectivity index (χ0) is 19.1. The third kappa shape index (κ3) is 5.44. The van der Waals surface area contributed by atoms with Gasteiger partial charge in [-0.1, -0.05) is 37.2 Å². The van der Waals surface area contributed by atoms with Crippen LogP contribution in [0.4, 0.5) is 5.69 Å². The summed E-state index contributed by atoms with van der Waals surface area (Å²) in [5, 5.41) is 10.3. The maximum Gasteiger partial charge on any atom is 0.238 e. The number of aryl methyl sites for hydroxylation is 1. The van der Waals surface area contributed by atoms with E-state index in [4.69, 9.17) is 8.94 Å². The van der Waals surface area contributed by atoms with Crippen LogP contribution < -0.4 is 10.6 Å². The summed E-state index contributed by atoms with van der Waals surface area (Å²) in [6, 6.07) is 13.6. The maximum absolute atomic E-state index is 12.2. The van der Waals surface area contributed by atoms with Gasteiger partial charge in [0, 0.05) is 31.1 Å². The molecule has 7 nitrogen and oxygen atoms in total. The SMILES string of the molecule is CC(C)C(CNC(=O)CCc1nc(-c2ccco2)no1)Nc1ccccc1. The second kappa shape index (κ2) is 9.02.